The highest BCUT2D eigenvalue weighted by Crippen LogP contribution is 1.93. The standard InChI is InChI=1S/C9H19NO3/c1-12-6-2-3-7-13-8-4-5-9(10)11/h2-8H2,1H3,(H2,10,11). The molecular formula is C9H19NO3. The van der Waals surface area contributed by atoms with Crippen molar-refractivity contribution < 1.29 is 14.3 Å². The Bertz CT molecular complexity index is 128. The second kappa shape index (κ2) is 9.48. The zero-order valence-corrected chi connectivity index (χ0v) is 8.25. The molecule has 0 atom stereocenters. The molecule has 0 aliphatic heterocycles. The largest absolute Gasteiger partial charge is 0.385 e. The van der Waals surface area contributed by atoms with E-state index in [4.69, 9.17) is 15.2 Å². The molecule has 0 fully saturated rings. The lowest BCUT2D eigenvalue weighted by molar-refractivity contribution is -0.118. The van der Waals surface area contributed by atoms with Gasteiger partial charge in [0.2, 0.25) is 5.91 Å². The van der Waals surface area contributed by atoms with Crippen molar-refractivity contribution in [1.29, 1.82) is 0 Å². The summed E-state index contributed by atoms with van der Waals surface area (Å²) < 4.78 is 10.2. The lowest BCUT2D eigenvalue weighted by Crippen LogP contribution is -2.11. The molecule has 78 valence electrons. The molecule has 0 aromatic rings. The van der Waals surface area contributed by atoms with Crippen LogP contribution in [-0.2, 0) is 14.3 Å². The molecule has 0 saturated carbocycles. The van der Waals surface area contributed by atoms with Crippen LogP contribution in [0.1, 0.15) is 25.7 Å². The molecule has 0 aliphatic rings. The number of rotatable bonds is 9. The summed E-state index contributed by atoms with van der Waals surface area (Å²) in [5.74, 6) is -0.261. The van der Waals surface area contributed by atoms with Crippen LogP contribution >= 0.6 is 0 Å². The summed E-state index contributed by atoms with van der Waals surface area (Å²) in [6.45, 7) is 2.14. The Morgan fingerprint density at radius 1 is 1.15 bits per heavy atom. The lowest BCUT2D eigenvalue weighted by atomic mass is 10.3. The molecule has 0 bridgehead atoms. The number of methoxy groups -OCH3 is 1. The van der Waals surface area contributed by atoms with Crippen LogP contribution in [0.25, 0.3) is 0 Å². The van der Waals surface area contributed by atoms with Gasteiger partial charge in [-0.1, -0.05) is 0 Å². The number of hydrogen-bond donors (Lipinski definition) is 1. The fourth-order valence-electron chi connectivity index (χ4n) is 0.901. The Morgan fingerprint density at radius 3 is 2.38 bits per heavy atom. The van der Waals surface area contributed by atoms with Crippen LogP contribution in [-0.4, -0.2) is 32.8 Å². The predicted molar refractivity (Wildman–Crippen MR) is 50.4 cm³/mol. The van der Waals surface area contributed by atoms with Crippen LogP contribution in [0, 0.1) is 0 Å². The number of nitrogens with two attached hydrogens (primary N) is 1. The van der Waals surface area contributed by atoms with Crippen molar-refractivity contribution in [3.05, 3.63) is 0 Å². The second-order valence-corrected chi connectivity index (χ2v) is 2.88. The molecule has 1 amide bonds. The van der Waals surface area contributed by atoms with E-state index in [0.29, 0.717) is 13.0 Å². The maximum absolute atomic E-state index is 10.3. The molecule has 13 heavy (non-hydrogen) atoms. The first-order chi connectivity index (χ1) is 6.27. The van der Waals surface area contributed by atoms with E-state index in [9.17, 15) is 4.79 Å². The minimum Gasteiger partial charge on any atom is -0.385 e. The Morgan fingerprint density at radius 2 is 1.77 bits per heavy atom. The van der Waals surface area contributed by atoms with Gasteiger partial charge in [-0.2, -0.15) is 0 Å². The number of carbonyl (C=O) groups is 1. The lowest BCUT2D eigenvalue weighted by Gasteiger charge is -2.02. The molecule has 4 heteroatoms. The summed E-state index contributed by atoms with van der Waals surface area (Å²) in [5, 5.41) is 0. The third kappa shape index (κ3) is 11.4. The first-order valence-electron chi connectivity index (χ1n) is 4.62. The van der Waals surface area contributed by atoms with Crippen molar-refractivity contribution in [3.63, 3.8) is 0 Å². The molecule has 0 unspecified atom stereocenters. The molecule has 2 N–H and O–H groups in total. The topological polar surface area (TPSA) is 61.6 Å². The quantitative estimate of drug-likeness (QED) is 0.543. The van der Waals surface area contributed by atoms with E-state index < -0.39 is 0 Å². The molecular weight excluding hydrogens is 170 g/mol. The number of primary amides is 1. The first kappa shape index (κ1) is 12.4. The predicted octanol–water partition coefficient (Wildman–Crippen LogP) is 0.695. The van der Waals surface area contributed by atoms with Gasteiger partial charge in [-0.15, -0.1) is 0 Å². The fraction of sp³-hybridized carbons (Fsp3) is 0.889. The van der Waals surface area contributed by atoms with Gasteiger partial charge in [-0.25, -0.2) is 0 Å². The van der Waals surface area contributed by atoms with Crippen molar-refractivity contribution in [3.8, 4) is 0 Å². The number of unbranched alkanes of at least 4 members (excludes halogenated alkanes) is 1. The summed E-state index contributed by atoms with van der Waals surface area (Å²) in [6.07, 6.45) is 3.16. The highest BCUT2D eigenvalue weighted by Gasteiger charge is 1.94. The summed E-state index contributed by atoms with van der Waals surface area (Å²) in [4.78, 5) is 10.3. The highest BCUT2D eigenvalue weighted by molar-refractivity contribution is 5.73. The van der Waals surface area contributed by atoms with Gasteiger partial charge in [0.15, 0.2) is 0 Å². The Balaban J connectivity index is 2.87. The van der Waals surface area contributed by atoms with Gasteiger partial charge in [-0.3, -0.25) is 4.79 Å². The molecule has 0 rings (SSSR count). The average Bonchev–Trinajstić information content (AvgIpc) is 2.09. The van der Waals surface area contributed by atoms with Crippen molar-refractivity contribution in [1.82, 2.24) is 0 Å². The van der Waals surface area contributed by atoms with Gasteiger partial charge in [0.25, 0.3) is 0 Å². The van der Waals surface area contributed by atoms with E-state index in [-0.39, 0.29) is 5.91 Å². The van der Waals surface area contributed by atoms with Crippen molar-refractivity contribution in [2.24, 2.45) is 5.73 Å². The first-order valence-corrected chi connectivity index (χ1v) is 4.62. The molecule has 0 aromatic carbocycles. The highest BCUT2D eigenvalue weighted by atomic mass is 16.5. The van der Waals surface area contributed by atoms with Crippen LogP contribution in [0.5, 0.6) is 0 Å². The number of amides is 1. The monoisotopic (exact) mass is 189 g/mol. The minimum absolute atomic E-state index is 0.261. The van der Waals surface area contributed by atoms with E-state index >= 15 is 0 Å². The van der Waals surface area contributed by atoms with Crippen LogP contribution in [0.4, 0.5) is 0 Å². The van der Waals surface area contributed by atoms with Gasteiger partial charge in [-0.05, 0) is 19.3 Å². The van der Waals surface area contributed by atoms with Crippen molar-refractivity contribution >= 4 is 5.91 Å². The molecule has 0 aromatic heterocycles. The normalized spacial score (nSPS) is 10.2. The Kier molecular flexibility index (Phi) is 9.03. The summed E-state index contributed by atoms with van der Waals surface area (Å²) in [5.41, 5.74) is 4.96. The SMILES string of the molecule is COCCCCOCCCC(N)=O. The number of ether oxygens (including phenoxy) is 2. The third-order valence-corrected chi connectivity index (χ3v) is 1.60. The van der Waals surface area contributed by atoms with Crippen LogP contribution < -0.4 is 5.73 Å². The molecule has 0 saturated heterocycles. The molecule has 0 heterocycles. The van der Waals surface area contributed by atoms with E-state index in [1.165, 1.54) is 0 Å². The average molecular weight is 189 g/mol. The van der Waals surface area contributed by atoms with Gasteiger partial charge in [0.05, 0.1) is 0 Å². The number of hydrogen-bond acceptors (Lipinski definition) is 3. The maximum atomic E-state index is 10.3. The minimum atomic E-state index is -0.261. The molecule has 0 radical (unpaired) electrons. The second-order valence-electron chi connectivity index (χ2n) is 2.88. The third-order valence-electron chi connectivity index (χ3n) is 1.60. The van der Waals surface area contributed by atoms with E-state index in [1.807, 2.05) is 0 Å². The smallest absolute Gasteiger partial charge is 0.217 e. The van der Waals surface area contributed by atoms with E-state index in [1.54, 1.807) is 7.11 Å². The molecule has 0 aliphatic carbocycles. The maximum Gasteiger partial charge on any atom is 0.217 e. The summed E-state index contributed by atoms with van der Waals surface area (Å²) in [7, 11) is 1.69. The number of carbonyl (C=O) groups excluding carboxylic acids is 1. The summed E-state index contributed by atoms with van der Waals surface area (Å²) in [6, 6.07) is 0. The van der Waals surface area contributed by atoms with Gasteiger partial charge >= 0.3 is 0 Å². The van der Waals surface area contributed by atoms with Gasteiger partial charge in [0.1, 0.15) is 0 Å². The van der Waals surface area contributed by atoms with Crippen molar-refractivity contribution in [2.75, 3.05) is 26.9 Å². The Hall–Kier alpha value is -0.610. The zero-order valence-electron chi connectivity index (χ0n) is 8.25. The van der Waals surface area contributed by atoms with Gasteiger partial charge < -0.3 is 15.2 Å². The van der Waals surface area contributed by atoms with E-state index in [0.717, 1.165) is 32.5 Å². The zero-order chi connectivity index (χ0) is 9.94. The van der Waals surface area contributed by atoms with Crippen molar-refractivity contribution in [2.45, 2.75) is 25.7 Å². The molecule has 0 spiro atoms. The van der Waals surface area contributed by atoms with Crippen LogP contribution in [0.2, 0.25) is 0 Å². The van der Waals surface area contributed by atoms with Crippen LogP contribution in [0.3, 0.4) is 0 Å². The Labute approximate surface area is 79.4 Å². The van der Waals surface area contributed by atoms with E-state index in [2.05, 4.69) is 0 Å². The fourth-order valence-corrected chi connectivity index (χ4v) is 0.901. The summed E-state index contributed by atoms with van der Waals surface area (Å²) >= 11 is 0. The molecule has 4 nitrogen and oxygen atoms in total. The van der Waals surface area contributed by atoms with Crippen LogP contribution in [0.15, 0.2) is 0 Å². The van der Waals surface area contributed by atoms with Gasteiger partial charge in [0, 0.05) is 33.4 Å².